The molecule has 0 heterocycles. The molecule has 0 spiro atoms. The molecule has 74 valence electrons. The fourth-order valence-electron chi connectivity index (χ4n) is 1.28. The predicted molar refractivity (Wildman–Crippen MR) is 55.3 cm³/mol. The lowest BCUT2D eigenvalue weighted by Crippen LogP contribution is -1.98. The molecule has 1 aromatic carbocycles. The summed E-state index contributed by atoms with van der Waals surface area (Å²) in [5.74, 6) is 0.163. The quantitative estimate of drug-likeness (QED) is 0.392. The second-order valence-electron chi connectivity index (χ2n) is 3.20. The number of carbonyl (C=O) groups is 2. The maximum absolute atomic E-state index is 11.5. The molecular formula is C12H14O2. The molecule has 0 radical (unpaired) electrons. The molecule has 0 aliphatic carbocycles. The number of carbonyl (C=O) groups excluding carboxylic acids is 2. The van der Waals surface area contributed by atoms with Crippen LogP contribution in [0.3, 0.4) is 0 Å². The third kappa shape index (κ3) is 3.52. The van der Waals surface area contributed by atoms with E-state index < -0.39 is 0 Å². The van der Waals surface area contributed by atoms with E-state index in [1.165, 1.54) is 0 Å². The van der Waals surface area contributed by atoms with Gasteiger partial charge in [0.25, 0.3) is 0 Å². The van der Waals surface area contributed by atoms with E-state index >= 15 is 0 Å². The molecule has 0 aromatic heterocycles. The van der Waals surface area contributed by atoms with Crippen LogP contribution < -0.4 is 0 Å². The molecular weight excluding hydrogens is 176 g/mol. The highest BCUT2D eigenvalue weighted by Gasteiger charge is 2.03. The molecule has 0 saturated heterocycles. The Morgan fingerprint density at radius 2 is 1.86 bits per heavy atom. The van der Waals surface area contributed by atoms with Crippen molar-refractivity contribution in [1.29, 1.82) is 0 Å². The molecule has 2 nitrogen and oxygen atoms in total. The van der Waals surface area contributed by atoms with Crippen LogP contribution in [0.15, 0.2) is 30.3 Å². The minimum atomic E-state index is 0.163. The average Bonchev–Trinajstić information content (AvgIpc) is 2.25. The van der Waals surface area contributed by atoms with Gasteiger partial charge in [-0.05, 0) is 12.8 Å². The Kier molecular flexibility index (Phi) is 4.62. The van der Waals surface area contributed by atoms with Crippen LogP contribution in [-0.4, -0.2) is 12.1 Å². The largest absolute Gasteiger partial charge is 0.303 e. The van der Waals surface area contributed by atoms with Crippen molar-refractivity contribution in [2.24, 2.45) is 0 Å². The average molecular weight is 190 g/mol. The Morgan fingerprint density at radius 3 is 2.50 bits per heavy atom. The molecule has 0 bridgehead atoms. The van der Waals surface area contributed by atoms with Gasteiger partial charge in [-0.25, -0.2) is 0 Å². The molecule has 1 rings (SSSR count). The summed E-state index contributed by atoms with van der Waals surface area (Å²) in [6, 6.07) is 9.25. The van der Waals surface area contributed by atoms with Gasteiger partial charge in [-0.1, -0.05) is 30.3 Å². The zero-order valence-electron chi connectivity index (χ0n) is 8.11. The van der Waals surface area contributed by atoms with Gasteiger partial charge in [-0.15, -0.1) is 0 Å². The summed E-state index contributed by atoms with van der Waals surface area (Å²) in [5.41, 5.74) is 0.763. The second-order valence-corrected chi connectivity index (χ2v) is 3.20. The molecule has 14 heavy (non-hydrogen) atoms. The van der Waals surface area contributed by atoms with E-state index in [9.17, 15) is 9.59 Å². The van der Waals surface area contributed by atoms with E-state index in [2.05, 4.69) is 0 Å². The first kappa shape index (κ1) is 10.6. The molecule has 0 amide bonds. The van der Waals surface area contributed by atoms with Crippen molar-refractivity contribution in [3.63, 3.8) is 0 Å². The van der Waals surface area contributed by atoms with E-state index in [0.717, 1.165) is 24.7 Å². The van der Waals surface area contributed by atoms with Crippen LogP contribution in [0.1, 0.15) is 36.0 Å². The Morgan fingerprint density at radius 1 is 1.14 bits per heavy atom. The molecule has 1 aromatic rings. The topological polar surface area (TPSA) is 34.1 Å². The highest BCUT2D eigenvalue weighted by atomic mass is 16.1. The van der Waals surface area contributed by atoms with Gasteiger partial charge < -0.3 is 4.79 Å². The Balaban J connectivity index is 2.32. The third-order valence-electron chi connectivity index (χ3n) is 2.07. The second kappa shape index (κ2) is 6.08. The number of unbranched alkanes of at least 4 members (excludes halogenated alkanes) is 2. The maximum Gasteiger partial charge on any atom is 0.162 e. The number of Topliss-reactive ketones (excluding diaryl/α,β-unsaturated/α-hetero) is 1. The zero-order chi connectivity index (χ0) is 10.2. The molecule has 0 aliphatic heterocycles. The van der Waals surface area contributed by atoms with Gasteiger partial charge in [-0.3, -0.25) is 4.79 Å². The molecule has 2 heteroatoms. The van der Waals surface area contributed by atoms with Crippen LogP contribution in [0, 0.1) is 0 Å². The van der Waals surface area contributed by atoms with Gasteiger partial charge in [-0.2, -0.15) is 0 Å². The molecule has 0 unspecified atom stereocenters. The van der Waals surface area contributed by atoms with Crippen LogP contribution in [-0.2, 0) is 4.79 Å². The summed E-state index contributed by atoms with van der Waals surface area (Å²) in [6.07, 6.45) is 3.60. The van der Waals surface area contributed by atoms with Crippen molar-refractivity contribution < 1.29 is 9.59 Å². The van der Waals surface area contributed by atoms with Gasteiger partial charge in [0, 0.05) is 18.4 Å². The smallest absolute Gasteiger partial charge is 0.162 e. The van der Waals surface area contributed by atoms with Crippen LogP contribution in [0.2, 0.25) is 0 Å². The van der Waals surface area contributed by atoms with Crippen LogP contribution >= 0.6 is 0 Å². The first-order chi connectivity index (χ1) is 6.84. The van der Waals surface area contributed by atoms with Crippen molar-refractivity contribution >= 4 is 12.1 Å². The molecule has 0 saturated carbocycles. The normalized spacial score (nSPS) is 9.71. The number of benzene rings is 1. The lowest BCUT2D eigenvalue weighted by Gasteiger charge is -1.98. The Labute approximate surface area is 83.9 Å². The van der Waals surface area contributed by atoms with Crippen molar-refractivity contribution in [2.75, 3.05) is 0 Å². The summed E-state index contributed by atoms with van der Waals surface area (Å²) in [7, 11) is 0. The van der Waals surface area contributed by atoms with Gasteiger partial charge in [0.2, 0.25) is 0 Å². The number of rotatable bonds is 6. The maximum atomic E-state index is 11.5. The highest BCUT2D eigenvalue weighted by Crippen LogP contribution is 2.07. The summed E-state index contributed by atoms with van der Waals surface area (Å²) in [6.45, 7) is 0. The summed E-state index contributed by atoms with van der Waals surface area (Å²) < 4.78 is 0. The van der Waals surface area contributed by atoms with Gasteiger partial charge in [0.05, 0.1) is 0 Å². The van der Waals surface area contributed by atoms with Crippen molar-refractivity contribution in [3.05, 3.63) is 35.9 Å². The van der Waals surface area contributed by atoms with Crippen LogP contribution in [0.4, 0.5) is 0 Å². The number of hydrogen-bond donors (Lipinski definition) is 0. The fourth-order valence-corrected chi connectivity index (χ4v) is 1.28. The molecule has 0 fully saturated rings. The summed E-state index contributed by atoms with van der Waals surface area (Å²) in [5, 5.41) is 0. The number of ketones is 1. The van der Waals surface area contributed by atoms with E-state index in [0.29, 0.717) is 12.8 Å². The van der Waals surface area contributed by atoms with Crippen LogP contribution in [0.25, 0.3) is 0 Å². The lowest BCUT2D eigenvalue weighted by atomic mass is 10.1. The van der Waals surface area contributed by atoms with E-state index in [1.54, 1.807) is 0 Å². The number of aldehydes is 1. The zero-order valence-corrected chi connectivity index (χ0v) is 8.11. The SMILES string of the molecule is O=CCCCCC(=O)c1ccccc1. The van der Waals surface area contributed by atoms with Gasteiger partial charge >= 0.3 is 0 Å². The standard InChI is InChI=1S/C12H14O2/c13-10-6-2-5-9-12(14)11-7-3-1-4-8-11/h1,3-4,7-8,10H,2,5-6,9H2. The van der Waals surface area contributed by atoms with Crippen LogP contribution in [0.5, 0.6) is 0 Å². The van der Waals surface area contributed by atoms with Gasteiger partial charge in [0.15, 0.2) is 5.78 Å². The summed E-state index contributed by atoms with van der Waals surface area (Å²) >= 11 is 0. The minimum absolute atomic E-state index is 0.163. The van der Waals surface area contributed by atoms with E-state index in [4.69, 9.17) is 0 Å². The molecule has 0 N–H and O–H groups in total. The fraction of sp³-hybridized carbons (Fsp3) is 0.333. The van der Waals surface area contributed by atoms with Crippen molar-refractivity contribution in [2.45, 2.75) is 25.7 Å². The Bertz CT molecular complexity index is 290. The lowest BCUT2D eigenvalue weighted by molar-refractivity contribution is -0.107. The van der Waals surface area contributed by atoms with Gasteiger partial charge in [0.1, 0.15) is 6.29 Å². The summed E-state index contributed by atoms with van der Waals surface area (Å²) in [4.78, 5) is 21.6. The Hall–Kier alpha value is -1.44. The first-order valence-corrected chi connectivity index (χ1v) is 4.86. The molecule has 0 aliphatic rings. The third-order valence-corrected chi connectivity index (χ3v) is 2.07. The molecule has 0 atom stereocenters. The first-order valence-electron chi connectivity index (χ1n) is 4.86. The van der Waals surface area contributed by atoms with E-state index in [1.807, 2.05) is 30.3 Å². The minimum Gasteiger partial charge on any atom is -0.303 e. The van der Waals surface area contributed by atoms with Crippen molar-refractivity contribution in [3.8, 4) is 0 Å². The van der Waals surface area contributed by atoms with E-state index in [-0.39, 0.29) is 5.78 Å². The predicted octanol–water partition coefficient (Wildman–Crippen LogP) is 2.63. The monoisotopic (exact) mass is 190 g/mol. The number of hydrogen-bond acceptors (Lipinski definition) is 2. The highest BCUT2D eigenvalue weighted by molar-refractivity contribution is 5.95. The van der Waals surface area contributed by atoms with Crippen molar-refractivity contribution in [1.82, 2.24) is 0 Å².